The predicted octanol–water partition coefficient (Wildman–Crippen LogP) is 4.30. The average Bonchev–Trinajstić information content (AvgIpc) is 3.23. The van der Waals surface area contributed by atoms with Gasteiger partial charge in [-0.05, 0) is 62.6 Å². The molecule has 3 N–H and O–H groups in total. The molecule has 0 atom stereocenters. The van der Waals surface area contributed by atoms with Crippen molar-refractivity contribution in [3.8, 4) is 5.75 Å². The van der Waals surface area contributed by atoms with Gasteiger partial charge in [0.2, 0.25) is 5.91 Å². The molecule has 2 saturated heterocycles. The number of fused-ring (bicyclic) bond motifs is 2. The highest BCUT2D eigenvalue weighted by molar-refractivity contribution is 6.09. The van der Waals surface area contributed by atoms with Crippen LogP contribution in [0.3, 0.4) is 0 Å². The van der Waals surface area contributed by atoms with E-state index in [2.05, 4.69) is 28.6 Å². The van der Waals surface area contributed by atoms with Gasteiger partial charge in [-0.15, -0.1) is 0 Å². The monoisotopic (exact) mass is 515 g/mol. The van der Waals surface area contributed by atoms with E-state index in [4.69, 9.17) is 14.9 Å². The number of nitrogens with zero attached hydrogens (tertiary/aromatic N) is 2. The zero-order chi connectivity index (χ0) is 26.1. The lowest BCUT2D eigenvalue weighted by Gasteiger charge is -2.36. The first-order valence-corrected chi connectivity index (χ1v) is 13.8. The smallest absolute Gasteiger partial charge is 0.235 e. The molecular weight excluding hydrogens is 478 g/mol. The number of piperidine rings is 1. The van der Waals surface area contributed by atoms with Crippen molar-refractivity contribution in [3.05, 3.63) is 59.7 Å². The number of likely N-dealkylation sites (tertiary alicyclic amines) is 1. The lowest BCUT2D eigenvalue weighted by atomic mass is 9.65. The molecule has 3 heterocycles. The van der Waals surface area contributed by atoms with Crippen LogP contribution >= 0.6 is 0 Å². The Hall–Kier alpha value is -3.36. The summed E-state index contributed by atoms with van der Waals surface area (Å²) >= 11 is 0. The van der Waals surface area contributed by atoms with E-state index in [1.54, 1.807) is 0 Å². The average molecular weight is 516 g/mol. The van der Waals surface area contributed by atoms with E-state index in [9.17, 15) is 4.79 Å². The Labute approximate surface area is 224 Å². The number of hydrogen-bond acceptors (Lipinski definition) is 6. The second-order valence-electron chi connectivity index (χ2n) is 10.9. The summed E-state index contributed by atoms with van der Waals surface area (Å²) in [5.41, 5.74) is 4.09. The van der Waals surface area contributed by atoms with Gasteiger partial charge in [0, 0.05) is 49.2 Å². The van der Waals surface area contributed by atoms with Crippen molar-refractivity contribution >= 4 is 28.8 Å². The van der Waals surface area contributed by atoms with Gasteiger partial charge in [-0.3, -0.25) is 10.2 Å². The highest BCUT2D eigenvalue weighted by Gasteiger charge is 2.52. The number of nitrogens with one attached hydrogen (secondary N) is 3. The van der Waals surface area contributed by atoms with Crippen LogP contribution in [0.25, 0.3) is 5.70 Å². The maximum atomic E-state index is 13.2. The van der Waals surface area contributed by atoms with Crippen LogP contribution in [-0.2, 0) is 14.9 Å². The largest absolute Gasteiger partial charge is 0.488 e. The summed E-state index contributed by atoms with van der Waals surface area (Å²) < 4.78 is 12.1. The van der Waals surface area contributed by atoms with Crippen molar-refractivity contribution in [1.82, 2.24) is 9.80 Å². The van der Waals surface area contributed by atoms with Gasteiger partial charge in [-0.25, -0.2) is 0 Å². The number of morpholine rings is 1. The second-order valence-corrected chi connectivity index (χ2v) is 10.9. The summed E-state index contributed by atoms with van der Waals surface area (Å²) in [6.45, 7) is 4.65. The number of hydrogen-bond donors (Lipinski definition) is 3. The number of benzene rings is 2. The van der Waals surface area contributed by atoms with E-state index in [0.29, 0.717) is 32.1 Å². The van der Waals surface area contributed by atoms with E-state index in [-0.39, 0.29) is 12.0 Å². The van der Waals surface area contributed by atoms with Crippen LogP contribution in [0.4, 0.5) is 11.4 Å². The lowest BCUT2D eigenvalue weighted by molar-refractivity contribution is -0.123. The molecule has 3 fully saturated rings. The van der Waals surface area contributed by atoms with Crippen molar-refractivity contribution in [2.24, 2.45) is 0 Å². The van der Waals surface area contributed by atoms with Crippen molar-refractivity contribution in [1.29, 1.82) is 5.41 Å². The zero-order valence-corrected chi connectivity index (χ0v) is 22.1. The molecule has 3 aliphatic heterocycles. The van der Waals surface area contributed by atoms with E-state index in [1.807, 2.05) is 47.4 Å². The fraction of sp³-hybridized carbons (Fsp3) is 0.467. The molecule has 38 heavy (non-hydrogen) atoms. The third-order valence-electron chi connectivity index (χ3n) is 8.45. The van der Waals surface area contributed by atoms with Gasteiger partial charge in [-0.1, -0.05) is 24.6 Å². The fourth-order valence-corrected chi connectivity index (χ4v) is 5.94. The maximum absolute atomic E-state index is 13.2. The Balaban J connectivity index is 1.41. The van der Waals surface area contributed by atoms with Crippen molar-refractivity contribution in [3.63, 3.8) is 0 Å². The molecule has 1 saturated carbocycles. The Kier molecular flexibility index (Phi) is 6.84. The summed E-state index contributed by atoms with van der Waals surface area (Å²) in [6, 6.07) is 14.2. The molecule has 2 aromatic carbocycles. The van der Waals surface area contributed by atoms with Gasteiger partial charge < -0.3 is 29.9 Å². The molecule has 6 rings (SSSR count). The van der Waals surface area contributed by atoms with Crippen LogP contribution < -0.4 is 15.4 Å². The molecular formula is C30H37N5O3. The highest BCUT2D eigenvalue weighted by Crippen LogP contribution is 2.54. The van der Waals surface area contributed by atoms with Crippen LogP contribution in [0.2, 0.25) is 0 Å². The van der Waals surface area contributed by atoms with E-state index >= 15 is 0 Å². The van der Waals surface area contributed by atoms with Gasteiger partial charge in [0.05, 0.1) is 24.3 Å². The van der Waals surface area contributed by atoms with Crippen molar-refractivity contribution in [2.75, 3.05) is 57.1 Å². The number of ether oxygens (including phenoxy) is 2. The SMILES string of the molecule is CN1CCC(Oc2cc(/C(=C/C(=N)N3CCOCC3)Nc3ccccc3)cc3c2NC(=O)C32CCC2)CC1. The number of para-hydroxylation sites is 1. The van der Waals surface area contributed by atoms with Gasteiger partial charge in [0.15, 0.2) is 0 Å². The van der Waals surface area contributed by atoms with Gasteiger partial charge in [0.1, 0.15) is 17.7 Å². The van der Waals surface area contributed by atoms with E-state index < -0.39 is 5.41 Å². The minimum absolute atomic E-state index is 0.0896. The topological polar surface area (TPSA) is 89.9 Å². The van der Waals surface area contributed by atoms with Crippen LogP contribution in [0.5, 0.6) is 5.75 Å². The molecule has 1 spiro atoms. The summed E-state index contributed by atoms with van der Waals surface area (Å²) in [7, 11) is 2.14. The molecule has 8 heteroatoms. The fourth-order valence-electron chi connectivity index (χ4n) is 5.94. The first-order chi connectivity index (χ1) is 18.5. The number of anilines is 2. The molecule has 0 radical (unpaired) electrons. The third-order valence-corrected chi connectivity index (χ3v) is 8.45. The minimum atomic E-state index is -0.466. The number of amides is 1. The third kappa shape index (κ3) is 4.78. The molecule has 8 nitrogen and oxygen atoms in total. The first kappa shape index (κ1) is 24.9. The summed E-state index contributed by atoms with van der Waals surface area (Å²) in [4.78, 5) is 17.6. The molecule has 4 aliphatic rings. The normalized spacial score (nSPS) is 21.6. The van der Waals surface area contributed by atoms with Crippen LogP contribution in [0.15, 0.2) is 48.5 Å². The molecule has 0 aromatic heterocycles. The van der Waals surface area contributed by atoms with Crippen LogP contribution in [-0.4, -0.2) is 74.1 Å². The second kappa shape index (κ2) is 10.4. The lowest BCUT2D eigenvalue weighted by Crippen LogP contribution is -2.40. The Morgan fingerprint density at radius 3 is 2.55 bits per heavy atom. The quantitative estimate of drug-likeness (QED) is 0.393. The summed E-state index contributed by atoms with van der Waals surface area (Å²) in [6.07, 6.45) is 6.70. The minimum Gasteiger partial charge on any atom is -0.488 e. The molecule has 1 amide bonds. The predicted molar refractivity (Wildman–Crippen MR) is 150 cm³/mol. The van der Waals surface area contributed by atoms with Gasteiger partial charge in [0.25, 0.3) is 0 Å². The van der Waals surface area contributed by atoms with Crippen molar-refractivity contribution < 1.29 is 14.3 Å². The molecule has 0 bridgehead atoms. The standard InChI is InChI=1S/C30H37N5O3/c1-34-12-8-23(9-13-34)38-26-19-21(18-24-28(26)33-29(36)30(24)10-5-11-30)25(32-22-6-3-2-4-7-22)20-27(31)35-14-16-37-17-15-35/h2-4,6-7,18-20,23,31-32H,5,8-17H2,1H3,(H,33,36)/b25-20-,31-27?. The van der Waals surface area contributed by atoms with E-state index in [0.717, 1.165) is 79.1 Å². The van der Waals surface area contributed by atoms with Crippen LogP contribution in [0.1, 0.15) is 43.2 Å². The van der Waals surface area contributed by atoms with Gasteiger partial charge >= 0.3 is 0 Å². The molecule has 0 unspecified atom stereocenters. The highest BCUT2D eigenvalue weighted by atomic mass is 16.5. The van der Waals surface area contributed by atoms with Crippen LogP contribution in [0, 0.1) is 5.41 Å². The Morgan fingerprint density at radius 2 is 1.87 bits per heavy atom. The number of carbonyl (C=O) groups excluding carboxylic acids is 1. The Bertz CT molecular complexity index is 1230. The molecule has 2 aromatic rings. The molecule has 200 valence electrons. The maximum Gasteiger partial charge on any atom is 0.235 e. The number of rotatable bonds is 6. The summed E-state index contributed by atoms with van der Waals surface area (Å²) in [5.74, 6) is 1.27. The van der Waals surface area contributed by atoms with Crippen molar-refractivity contribution in [2.45, 2.75) is 43.6 Å². The van der Waals surface area contributed by atoms with E-state index in [1.165, 1.54) is 0 Å². The Morgan fingerprint density at radius 1 is 1.13 bits per heavy atom. The number of carbonyl (C=O) groups is 1. The summed E-state index contributed by atoms with van der Waals surface area (Å²) in [5, 5.41) is 15.6. The zero-order valence-electron chi connectivity index (χ0n) is 22.1. The first-order valence-electron chi connectivity index (χ1n) is 13.8. The van der Waals surface area contributed by atoms with Gasteiger partial charge in [-0.2, -0.15) is 0 Å². The molecule has 1 aliphatic carbocycles. The number of amidine groups is 1.